The summed E-state index contributed by atoms with van der Waals surface area (Å²) in [5, 5.41) is 3.34. The highest BCUT2D eigenvalue weighted by atomic mass is 79.9. The highest BCUT2D eigenvalue weighted by Crippen LogP contribution is 2.16. The van der Waals surface area contributed by atoms with E-state index in [1.165, 1.54) is 0 Å². The SMILES string of the molecule is Cc1nc(NCCCCn2ccnc2)ccc1Br. The maximum Gasteiger partial charge on any atom is 0.126 e. The topological polar surface area (TPSA) is 42.7 Å². The normalized spacial score (nSPS) is 10.6. The molecule has 0 spiro atoms. The number of aryl methyl sites for hydroxylation is 2. The van der Waals surface area contributed by atoms with E-state index in [-0.39, 0.29) is 0 Å². The molecule has 1 N–H and O–H groups in total. The van der Waals surface area contributed by atoms with Crippen LogP contribution >= 0.6 is 15.9 Å². The molecular weight excluding hydrogens is 292 g/mol. The van der Waals surface area contributed by atoms with Crippen LogP contribution in [0.15, 0.2) is 35.3 Å². The Hall–Kier alpha value is -1.36. The highest BCUT2D eigenvalue weighted by molar-refractivity contribution is 9.10. The molecule has 0 saturated heterocycles. The molecule has 0 atom stereocenters. The van der Waals surface area contributed by atoms with Gasteiger partial charge in [-0.15, -0.1) is 0 Å². The van der Waals surface area contributed by atoms with Crippen LogP contribution in [0.4, 0.5) is 5.82 Å². The Morgan fingerprint density at radius 3 is 2.94 bits per heavy atom. The van der Waals surface area contributed by atoms with Crippen molar-refractivity contribution in [1.29, 1.82) is 0 Å². The summed E-state index contributed by atoms with van der Waals surface area (Å²) in [5.74, 6) is 0.943. The molecule has 5 heteroatoms. The van der Waals surface area contributed by atoms with E-state index in [1.807, 2.05) is 37.8 Å². The van der Waals surface area contributed by atoms with E-state index in [0.29, 0.717) is 0 Å². The predicted octanol–water partition coefficient (Wildman–Crippen LogP) is 3.24. The van der Waals surface area contributed by atoms with Gasteiger partial charge in [0.15, 0.2) is 0 Å². The van der Waals surface area contributed by atoms with Gasteiger partial charge in [0.1, 0.15) is 5.82 Å². The number of pyridine rings is 1. The van der Waals surface area contributed by atoms with Gasteiger partial charge in [0.2, 0.25) is 0 Å². The van der Waals surface area contributed by atoms with E-state index < -0.39 is 0 Å². The van der Waals surface area contributed by atoms with Crippen LogP contribution in [0.2, 0.25) is 0 Å². The van der Waals surface area contributed by atoms with Gasteiger partial charge in [-0.3, -0.25) is 0 Å². The molecule has 2 rings (SSSR count). The van der Waals surface area contributed by atoms with E-state index in [0.717, 1.165) is 41.9 Å². The van der Waals surface area contributed by atoms with Gasteiger partial charge in [0.05, 0.1) is 12.0 Å². The van der Waals surface area contributed by atoms with Crippen LogP contribution < -0.4 is 5.32 Å². The molecule has 0 aliphatic heterocycles. The van der Waals surface area contributed by atoms with Crippen molar-refractivity contribution in [2.24, 2.45) is 0 Å². The lowest BCUT2D eigenvalue weighted by molar-refractivity contribution is 0.620. The smallest absolute Gasteiger partial charge is 0.126 e. The number of hydrogen-bond donors (Lipinski definition) is 1. The Morgan fingerprint density at radius 1 is 1.33 bits per heavy atom. The minimum atomic E-state index is 0.943. The number of anilines is 1. The summed E-state index contributed by atoms with van der Waals surface area (Å²) in [4.78, 5) is 8.47. The summed E-state index contributed by atoms with van der Waals surface area (Å²) in [5.41, 5.74) is 1.01. The number of aromatic nitrogens is 3. The van der Waals surface area contributed by atoms with E-state index in [2.05, 4.69) is 35.8 Å². The molecule has 96 valence electrons. The van der Waals surface area contributed by atoms with Gasteiger partial charge < -0.3 is 9.88 Å². The summed E-state index contributed by atoms with van der Waals surface area (Å²) in [6, 6.07) is 4.02. The molecule has 4 nitrogen and oxygen atoms in total. The minimum absolute atomic E-state index is 0.943. The van der Waals surface area contributed by atoms with E-state index in [9.17, 15) is 0 Å². The second kappa shape index (κ2) is 6.54. The molecule has 0 fully saturated rings. The molecule has 0 bridgehead atoms. The number of hydrogen-bond acceptors (Lipinski definition) is 3. The zero-order valence-corrected chi connectivity index (χ0v) is 12.0. The van der Waals surface area contributed by atoms with Gasteiger partial charge in [-0.1, -0.05) is 0 Å². The largest absolute Gasteiger partial charge is 0.370 e. The average molecular weight is 309 g/mol. The van der Waals surface area contributed by atoms with Gasteiger partial charge in [-0.05, 0) is 47.8 Å². The van der Waals surface area contributed by atoms with Crippen LogP contribution in [-0.4, -0.2) is 21.1 Å². The molecule has 0 amide bonds. The summed E-state index contributed by atoms with van der Waals surface area (Å²) >= 11 is 3.45. The van der Waals surface area contributed by atoms with Crippen LogP contribution in [0, 0.1) is 6.92 Å². The molecule has 0 radical (unpaired) electrons. The molecule has 2 aromatic rings. The first-order valence-electron chi connectivity index (χ1n) is 6.08. The zero-order valence-electron chi connectivity index (χ0n) is 10.4. The van der Waals surface area contributed by atoms with Crippen molar-refractivity contribution >= 4 is 21.7 Å². The molecule has 0 aliphatic carbocycles. The van der Waals surface area contributed by atoms with Crippen molar-refractivity contribution in [3.05, 3.63) is 41.0 Å². The summed E-state index contributed by atoms with van der Waals surface area (Å²) in [6.07, 6.45) is 7.92. The third-order valence-corrected chi connectivity index (χ3v) is 3.57. The summed E-state index contributed by atoms with van der Waals surface area (Å²) in [6.45, 7) is 3.96. The number of halogens is 1. The van der Waals surface area contributed by atoms with Crippen molar-refractivity contribution in [2.75, 3.05) is 11.9 Å². The van der Waals surface area contributed by atoms with Crippen LogP contribution in [0.3, 0.4) is 0 Å². The van der Waals surface area contributed by atoms with E-state index in [1.54, 1.807) is 0 Å². The van der Waals surface area contributed by atoms with Gasteiger partial charge in [-0.25, -0.2) is 9.97 Å². The number of nitrogens with one attached hydrogen (secondary N) is 1. The molecule has 0 aromatic carbocycles. The standard InChI is InChI=1S/C13H17BrN4/c1-11-12(14)4-5-13(17-11)16-6-2-3-8-18-9-7-15-10-18/h4-5,7,9-10H,2-3,6,8H2,1H3,(H,16,17). The maximum atomic E-state index is 4.45. The first kappa shape index (κ1) is 13.1. The van der Waals surface area contributed by atoms with Crippen LogP contribution in [0.5, 0.6) is 0 Å². The van der Waals surface area contributed by atoms with Gasteiger partial charge in [0, 0.05) is 30.0 Å². The van der Waals surface area contributed by atoms with E-state index >= 15 is 0 Å². The summed E-state index contributed by atoms with van der Waals surface area (Å²) in [7, 11) is 0. The Morgan fingerprint density at radius 2 is 2.22 bits per heavy atom. The molecule has 0 saturated carbocycles. The number of imidazole rings is 1. The Bertz CT molecular complexity index is 482. The average Bonchev–Trinajstić information content (AvgIpc) is 2.86. The van der Waals surface area contributed by atoms with Crippen molar-refractivity contribution in [3.63, 3.8) is 0 Å². The van der Waals surface area contributed by atoms with E-state index in [4.69, 9.17) is 0 Å². The third kappa shape index (κ3) is 3.84. The Labute approximate surface area is 116 Å². The quantitative estimate of drug-likeness (QED) is 0.833. The Balaban J connectivity index is 1.67. The molecular formula is C13H17BrN4. The van der Waals surface area contributed by atoms with Crippen molar-refractivity contribution < 1.29 is 0 Å². The van der Waals surface area contributed by atoms with Gasteiger partial charge >= 0.3 is 0 Å². The second-order valence-electron chi connectivity index (χ2n) is 4.20. The fourth-order valence-electron chi connectivity index (χ4n) is 1.70. The fraction of sp³-hybridized carbons (Fsp3) is 0.385. The lowest BCUT2D eigenvalue weighted by Crippen LogP contribution is -2.05. The molecule has 18 heavy (non-hydrogen) atoms. The van der Waals surface area contributed by atoms with Crippen molar-refractivity contribution in [3.8, 4) is 0 Å². The van der Waals surface area contributed by atoms with Crippen LogP contribution in [0.25, 0.3) is 0 Å². The van der Waals surface area contributed by atoms with Crippen molar-refractivity contribution in [2.45, 2.75) is 26.3 Å². The predicted molar refractivity (Wildman–Crippen MR) is 76.6 cm³/mol. The number of rotatable bonds is 6. The summed E-state index contributed by atoms with van der Waals surface area (Å²) < 4.78 is 3.15. The lowest BCUT2D eigenvalue weighted by atomic mass is 10.3. The lowest BCUT2D eigenvalue weighted by Gasteiger charge is -2.07. The Kier molecular flexibility index (Phi) is 4.75. The van der Waals surface area contributed by atoms with Crippen LogP contribution in [0.1, 0.15) is 18.5 Å². The molecule has 0 aliphatic rings. The minimum Gasteiger partial charge on any atom is -0.370 e. The second-order valence-corrected chi connectivity index (χ2v) is 5.05. The first-order valence-corrected chi connectivity index (χ1v) is 6.88. The molecule has 2 aromatic heterocycles. The molecule has 2 heterocycles. The third-order valence-electron chi connectivity index (χ3n) is 2.73. The zero-order chi connectivity index (χ0) is 12.8. The molecule has 0 unspecified atom stereocenters. The number of unbranched alkanes of at least 4 members (excludes halogenated alkanes) is 1. The fourth-order valence-corrected chi connectivity index (χ4v) is 1.92. The highest BCUT2D eigenvalue weighted by Gasteiger charge is 1.98. The van der Waals surface area contributed by atoms with Crippen LogP contribution in [-0.2, 0) is 6.54 Å². The van der Waals surface area contributed by atoms with Crippen molar-refractivity contribution in [1.82, 2.24) is 14.5 Å². The van der Waals surface area contributed by atoms with Gasteiger partial charge in [0.25, 0.3) is 0 Å². The van der Waals surface area contributed by atoms with Gasteiger partial charge in [-0.2, -0.15) is 0 Å². The first-order chi connectivity index (χ1) is 8.75. The number of nitrogens with zero attached hydrogens (tertiary/aromatic N) is 3. The monoisotopic (exact) mass is 308 g/mol. The maximum absolute atomic E-state index is 4.45.